The quantitative estimate of drug-likeness (QED) is 0.146. The van der Waals surface area contributed by atoms with Gasteiger partial charge in [0.2, 0.25) is 5.82 Å². The number of halogens is 4. The molecule has 6 rings (SSSR count). The standard InChI is InChI=1S/C32H21BrCl3N3O5/c1-41-24-8-5-9-25-20(24)14-27(44-25)31-38-23-7-4-3-6-19(23)32(40)39(31)37-15-18-13-26(42-2)30(29(36)28(18)33)43-16-17-10-11-21(34)22(35)12-17/h3-15H,16H2,1-2H3. The Labute approximate surface area is 274 Å². The molecule has 222 valence electrons. The van der Waals surface area contributed by atoms with Crippen LogP contribution in [-0.2, 0) is 6.61 Å². The van der Waals surface area contributed by atoms with Crippen molar-refractivity contribution in [2.24, 2.45) is 5.10 Å². The second-order valence-corrected chi connectivity index (χ2v) is 11.4. The predicted octanol–water partition coefficient (Wildman–Crippen LogP) is 9.01. The number of aromatic nitrogens is 2. The van der Waals surface area contributed by atoms with Gasteiger partial charge in [-0.15, -0.1) is 0 Å². The second kappa shape index (κ2) is 12.5. The number of hydrogen-bond acceptors (Lipinski definition) is 7. The first-order valence-corrected chi connectivity index (χ1v) is 15.0. The molecular formula is C32H21BrCl3N3O5. The summed E-state index contributed by atoms with van der Waals surface area (Å²) < 4.78 is 24.9. The molecule has 0 radical (unpaired) electrons. The van der Waals surface area contributed by atoms with Crippen LogP contribution >= 0.6 is 50.7 Å². The van der Waals surface area contributed by atoms with E-state index in [0.717, 1.165) is 10.9 Å². The van der Waals surface area contributed by atoms with Gasteiger partial charge in [-0.1, -0.05) is 59.1 Å². The van der Waals surface area contributed by atoms with Crippen LogP contribution in [-0.4, -0.2) is 30.1 Å². The molecule has 0 spiro atoms. The fraction of sp³-hybridized carbons (Fsp3) is 0.0938. The van der Waals surface area contributed by atoms with Crippen LogP contribution in [0.5, 0.6) is 17.2 Å². The minimum atomic E-state index is -0.384. The average molecular weight is 714 g/mol. The zero-order chi connectivity index (χ0) is 31.0. The van der Waals surface area contributed by atoms with Crippen LogP contribution in [0, 0.1) is 0 Å². The molecule has 0 amide bonds. The monoisotopic (exact) mass is 711 g/mol. The molecule has 2 aromatic heterocycles. The molecule has 0 bridgehead atoms. The molecule has 0 aliphatic rings. The molecule has 0 unspecified atom stereocenters. The summed E-state index contributed by atoms with van der Waals surface area (Å²) in [5.41, 5.74) is 2.00. The molecule has 44 heavy (non-hydrogen) atoms. The second-order valence-electron chi connectivity index (χ2n) is 9.46. The first-order valence-electron chi connectivity index (χ1n) is 13.0. The maximum Gasteiger partial charge on any atom is 0.282 e. The minimum absolute atomic E-state index is 0.163. The topological polar surface area (TPSA) is 88.1 Å². The highest BCUT2D eigenvalue weighted by atomic mass is 79.9. The number of methoxy groups -OCH3 is 2. The normalized spacial score (nSPS) is 11.5. The molecule has 8 nitrogen and oxygen atoms in total. The van der Waals surface area contributed by atoms with E-state index in [-0.39, 0.29) is 23.0 Å². The van der Waals surface area contributed by atoms with Gasteiger partial charge in [-0.2, -0.15) is 9.78 Å². The van der Waals surface area contributed by atoms with Gasteiger partial charge >= 0.3 is 0 Å². The van der Waals surface area contributed by atoms with Gasteiger partial charge in [0, 0.05) is 10.0 Å². The van der Waals surface area contributed by atoms with Gasteiger partial charge in [-0.25, -0.2) is 4.98 Å². The smallest absolute Gasteiger partial charge is 0.282 e. The van der Waals surface area contributed by atoms with Crippen LogP contribution in [0.3, 0.4) is 0 Å². The third-order valence-corrected chi connectivity index (χ3v) is 8.95. The van der Waals surface area contributed by atoms with E-state index in [1.807, 2.05) is 24.3 Å². The Morgan fingerprint density at radius 3 is 2.50 bits per heavy atom. The highest BCUT2D eigenvalue weighted by Crippen LogP contribution is 2.42. The first kappa shape index (κ1) is 30.0. The lowest BCUT2D eigenvalue weighted by atomic mass is 10.2. The lowest BCUT2D eigenvalue weighted by molar-refractivity contribution is 0.284. The number of ether oxygens (including phenoxy) is 3. The molecule has 4 aromatic carbocycles. The SMILES string of the molecule is COc1cc(C=Nn2c(-c3cc4c(OC)cccc4o3)nc3ccccc3c2=O)c(Br)c(Cl)c1OCc1ccc(Cl)c(Cl)c1. The van der Waals surface area contributed by atoms with Crippen molar-refractivity contribution >= 4 is 78.8 Å². The zero-order valence-electron chi connectivity index (χ0n) is 23.1. The summed E-state index contributed by atoms with van der Waals surface area (Å²) in [7, 11) is 3.08. The molecule has 6 aromatic rings. The Balaban J connectivity index is 1.42. The average Bonchev–Trinajstić information content (AvgIpc) is 3.48. The number of para-hydroxylation sites is 1. The first-order chi connectivity index (χ1) is 21.3. The molecule has 0 aliphatic carbocycles. The van der Waals surface area contributed by atoms with Crippen LogP contribution in [0.1, 0.15) is 11.1 Å². The van der Waals surface area contributed by atoms with Crippen molar-refractivity contribution in [3.8, 4) is 28.8 Å². The van der Waals surface area contributed by atoms with Crippen LogP contribution < -0.4 is 19.8 Å². The Morgan fingerprint density at radius 2 is 1.73 bits per heavy atom. The van der Waals surface area contributed by atoms with E-state index in [2.05, 4.69) is 21.0 Å². The van der Waals surface area contributed by atoms with Crippen molar-refractivity contribution in [3.05, 3.63) is 114 Å². The van der Waals surface area contributed by atoms with Gasteiger partial charge in [0.15, 0.2) is 17.3 Å². The lowest BCUT2D eigenvalue weighted by Gasteiger charge is -2.15. The number of furan rings is 1. The van der Waals surface area contributed by atoms with Crippen molar-refractivity contribution in [2.75, 3.05) is 14.2 Å². The summed E-state index contributed by atoms with van der Waals surface area (Å²) in [6.07, 6.45) is 1.48. The van der Waals surface area contributed by atoms with E-state index < -0.39 is 0 Å². The Hall–Kier alpha value is -4.02. The molecule has 0 atom stereocenters. The number of rotatable bonds is 8. The fourth-order valence-corrected chi connectivity index (χ4v) is 5.58. The summed E-state index contributed by atoms with van der Waals surface area (Å²) >= 11 is 22.4. The van der Waals surface area contributed by atoms with E-state index >= 15 is 0 Å². The van der Waals surface area contributed by atoms with Gasteiger partial charge in [-0.3, -0.25) is 4.79 Å². The Kier molecular flexibility index (Phi) is 8.55. The van der Waals surface area contributed by atoms with Crippen molar-refractivity contribution < 1.29 is 18.6 Å². The maximum atomic E-state index is 13.7. The largest absolute Gasteiger partial charge is 0.496 e. The molecule has 0 saturated carbocycles. The van der Waals surface area contributed by atoms with Crippen LogP contribution in [0.25, 0.3) is 33.5 Å². The van der Waals surface area contributed by atoms with Crippen molar-refractivity contribution in [1.82, 2.24) is 9.66 Å². The van der Waals surface area contributed by atoms with Gasteiger partial charge < -0.3 is 18.6 Å². The number of hydrogen-bond donors (Lipinski definition) is 0. The van der Waals surface area contributed by atoms with Crippen molar-refractivity contribution in [1.29, 1.82) is 0 Å². The summed E-state index contributed by atoms with van der Waals surface area (Å²) in [6.45, 7) is 0.163. The van der Waals surface area contributed by atoms with Crippen molar-refractivity contribution in [2.45, 2.75) is 6.61 Å². The fourth-order valence-electron chi connectivity index (χ4n) is 4.60. The zero-order valence-corrected chi connectivity index (χ0v) is 27.0. The third kappa shape index (κ3) is 5.64. The van der Waals surface area contributed by atoms with Gasteiger partial charge in [0.05, 0.1) is 46.8 Å². The lowest BCUT2D eigenvalue weighted by Crippen LogP contribution is -2.20. The van der Waals surface area contributed by atoms with Crippen LogP contribution in [0.2, 0.25) is 15.1 Å². The van der Waals surface area contributed by atoms with E-state index in [4.69, 9.17) is 58.4 Å². The molecule has 0 aliphatic heterocycles. The van der Waals surface area contributed by atoms with Crippen LogP contribution in [0.4, 0.5) is 0 Å². The van der Waals surface area contributed by atoms with Gasteiger partial charge in [-0.05, 0) is 70.0 Å². The summed E-state index contributed by atoms with van der Waals surface area (Å²) in [5, 5.41) is 6.78. The number of benzene rings is 4. The Bertz CT molecular complexity index is 2140. The van der Waals surface area contributed by atoms with E-state index in [1.165, 1.54) is 18.0 Å². The van der Waals surface area contributed by atoms with E-state index in [9.17, 15) is 4.79 Å². The van der Waals surface area contributed by atoms with E-state index in [0.29, 0.717) is 59.6 Å². The van der Waals surface area contributed by atoms with Gasteiger partial charge in [0.25, 0.3) is 5.56 Å². The Morgan fingerprint density at radius 1 is 0.932 bits per heavy atom. The predicted molar refractivity (Wildman–Crippen MR) is 177 cm³/mol. The third-order valence-electron chi connectivity index (χ3n) is 6.77. The van der Waals surface area contributed by atoms with Crippen LogP contribution in [0.15, 0.2) is 91.6 Å². The maximum absolute atomic E-state index is 13.7. The van der Waals surface area contributed by atoms with Gasteiger partial charge in [0.1, 0.15) is 23.0 Å². The molecular weight excluding hydrogens is 693 g/mol. The molecule has 0 N–H and O–H groups in total. The minimum Gasteiger partial charge on any atom is -0.496 e. The summed E-state index contributed by atoms with van der Waals surface area (Å²) in [6, 6.07) is 21.2. The number of nitrogens with zero attached hydrogens (tertiary/aromatic N) is 3. The highest BCUT2D eigenvalue weighted by Gasteiger charge is 2.20. The van der Waals surface area contributed by atoms with E-state index in [1.54, 1.807) is 55.6 Å². The highest BCUT2D eigenvalue weighted by molar-refractivity contribution is 9.10. The molecule has 0 saturated heterocycles. The molecule has 0 fully saturated rings. The molecule has 2 heterocycles. The molecule has 12 heteroatoms. The number of fused-ring (bicyclic) bond motifs is 2. The van der Waals surface area contributed by atoms with Crippen molar-refractivity contribution in [3.63, 3.8) is 0 Å². The summed E-state index contributed by atoms with van der Waals surface area (Å²) in [5.74, 6) is 1.84. The summed E-state index contributed by atoms with van der Waals surface area (Å²) in [4.78, 5) is 18.5.